The first-order chi connectivity index (χ1) is 14.1. The molecule has 0 fully saturated rings. The van der Waals surface area contributed by atoms with E-state index in [0.717, 1.165) is 43.3 Å². The lowest BCUT2D eigenvalue weighted by Gasteiger charge is -2.22. The molecule has 3 rings (SSSR count). The van der Waals surface area contributed by atoms with Crippen LogP contribution in [0.2, 0.25) is 0 Å². The van der Waals surface area contributed by atoms with Crippen molar-refractivity contribution < 1.29 is 0 Å². The van der Waals surface area contributed by atoms with Gasteiger partial charge in [0.25, 0.3) is 0 Å². The van der Waals surface area contributed by atoms with Crippen LogP contribution in [0.5, 0.6) is 0 Å². The van der Waals surface area contributed by atoms with E-state index in [-0.39, 0.29) is 0 Å². The van der Waals surface area contributed by atoms with Crippen LogP contribution in [0, 0.1) is 13.8 Å². The molecule has 0 unspecified atom stereocenters. The minimum absolute atomic E-state index is 0.654. The summed E-state index contributed by atoms with van der Waals surface area (Å²) in [5, 5.41) is 6.80. The fourth-order valence-corrected chi connectivity index (χ4v) is 3.39. The topological polar surface area (TPSA) is 53.1 Å². The maximum absolute atomic E-state index is 4.65. The highest BCUT2D eigenvalue weighted by atomic mass is 15.1. The quantitative estimate of drug-likeness (QED) is 0.517. The Labute approximate surface area is 174 Å². The lowest BCUT2D eigenvalue weighted by atomic mass is 10.1. The second kappa shape index (κ2) is 9.92. The van der Waals surface area contributed by atoms with Crippen LogP contribution in [0.15, 0.2) is 54.6 Å². The molecular weight excluding hydrogens is 358 g/mol. The average molecular weight is 390 g/mol. The first-order valence-corrected chi connectivity index (χ1v) is 10.3. The van der Waals surface area contributed by atoms with Crippen molar-refractivity contribution in [2.45, 2.75) is 34.1 Å². The summed E-state index contributed by atoms with van der Waals surface area (Å²) in [4.78, 5) is 11.5. The Kier molecular flexibility index (Phi) is 7.06. The molecule has 152 valence electrons. The van der Waals surface area contributed by atoms with E-state index in [9.17, 15) is 0 Å². The van der Waals surface area contributed by atoms with E-state index < -0.39 is 0 Å². The van der Waals surface area contributed by atoms with Crippen molar-refractivity contribution >= 4 is 23.1 Å². The predicted octanol–water partition coefficient (Wildman–Crippen LogP) is 5.34. The molecule has 0 aliphatic carbocycles. The van der Waals surface area contributed by atoms with Crippen LogP contribution in [-0.2, 0) is 6.42 Å². The van der Waals surface area contributed by atoms with E-state index >= 15 is 0 Å². The highest BCUT2D eigenvalue weighted by Gasteiger charge is 2.07. The third-order valence-corrected chi connectivity index (χ3v) is 5.00. The molecule has 0 saturated carbocycles. The lowest BCUT2D eigenvalue weighted by molar-refractivity contribution is 0.866. The second-order valence-corrected chi connectivity index (χ2v) is 7.18. The Bertz CT molecular complexity index is 920. The Morgan fingerprint density at radius 3 is 2.34 bits per heavy atom. The molecule has 3 aromatic rings. The summed E-state index contributed by atoms with van der Waals surface area (Å²) in [6.07, 6.45) is 0.937. The summed E-state index contributed by atoms with van der Waals surface area (Å²) in [5.74, 6) is 1.46. The maximum atomic E-state index is 4.65. The molecule has 2 N–H and O–H groups in total. The van der Waals surface area contributed by atoms with Crippen molar-refractivity contribution in [1.82, 2.24) is 9.97 Å². The summed E-state index contributed by atoms with van der Waals surface area (Å²) in [5.41, 5.74) is 5.75. The monoisotopic (exact) mass is 389 g/mol. The average Bonchev–Trinajstić information content (AvgIpc) is 2.71. The van der Waals surface area contributed by atoms with Crippen LogP contribution in [0.4, 0.5) is 23.1 Å². The Morgan fingerprint density at radius 2 is 1.66 bits per heavy atom. The number of rotatable bonds is 9. The number of anilines is 4. The number of hydrogen-bond acceptors (Lipinski definition) is 5. The predicted molar refractivity (Wildman–Crippen MR) is 123 cm³/mol. The zero-order valence-corrected chi connectivity index (χ0v) is 17.9. The van der Waals surface area contributed by atoms with Crippen LogP contribution in [0.3, 0.4) is 0 Å². The molecule has 0 radical (unpaired) electrons. The van der Waals surface area contributed by atoms with Crippen molar-refractivity contribution in [3.05, 3.63) is 71.4 Å². The maximum Gasteiger partial charge on any atom is 0.224 e. The number of hydrogen-bond donors (Lipinski definition) is 2. The molecule has 0 saturated heterocycles. The van der Waals surface area contributed by atoms with Gasteiger partial charge in [-0.25, -0.2) is 4.98 Å². The van der Waals surface area contributed by atoms with Gasteiger partial charge in [-0.1, -0.05) is 30.3 Å². The first kappa shape index (κ1) is 20.6. The van der Waals surface area contributed by atoms with Gasteiger partial charge in [0.2, 0.25) is 5.95 Å². The van der Waals surface area contributed by atoms with Crippen LogP contribution in [0.1, 0.15) is 30.7 Å². The third-order valence-electron chi connectivity index (χ3n) is 5.00. The molecule has 0 aliphatic rings. The van der Waals surface area contributed by atoms with E-state index in [1.807, 2.05) is 19.1 Å². The van der Waals surface area contributed by atoms with E-state index in [4.69, 9.17) is 0 Å². The number of nitrogens with one attached hydrogen (secondary N) is 2. The third kappa shape index (κ3) is 5.70. The van der Waals surface area contributed by atoms with E-state index in [1.165, 1.54) is 16.8 Å². The van der Waals surface area contributed by atoms with Gasteiger partial charge in [-0.2, -0.15) is 4.98 Å². The molecule has 5 nitrogen and oxygen atoms in total. The fourth-order valence-electron chi connectivity index (χ4n) is 3.39. The van der Waals surface area contributed by atoms with Gasteiger partial charge in [-0.05, 0) is 63.4 Å². The van der Waals surface area contributed by atoms with Gasteiger partial charge in [-0.15, -0.1) is 0 Å². The molecule has 0 atom stereocenters. The van der Waals surface area contributed by atoms with Gasteiger partial charge in [0, 0.05) is 42.8 Å². The molecule has 5 heteroatoms. The summed E-state index contributed by atoms with van der Waals surface area (Å²) < 4.78 is 0. The molecular formula is C24H31N5. The van der Waals surface area contributed by atoms with Gasteiger partial charge < -0.3 is 15.5 Å². The smallest absolute Gasteiger partial charge is 0.224 e. The largest absolute Gasteiger partial charge is 0.372 e. The van der Waals surface area contributed by atoms with Gasteiger partial charge in [0.15, 0.2) is 0 Å². The minimum Gasteiger partial charge on any atom is -0.372 e. The van der Waals surface area contributed by atoms with E-state index in [0.29, 0.717) is 5.95 Å². The zero-order valence-electron chi connectivity index (χ0n) is 17.9. The summed E-state index contributed by atoms with van der Waals surface area (Å²) in [7, 11) is 0. The molecule has 1 heterocycles. The van der Waals surface area contributed by atoms with Crippen LogP contribution >= 0.6 is 0 Å². The van der Waals surface area contributed by atoms with Crippen molar-refractivity contribution in [2.75, 3.05) is 35.2 Å². The van der Waals surface area contributed by atoms with Crippen LogP contribution in [0.25, 0.3) is 0 Å². The molecule has 1 aromatic heterocycles. The van der Waals surface area contributed by atoms with Crippen LogP contribution < -0.4 is 15.5 Å². The summed E-state index contributed by atoms with van der Waals surface area (Å²) >= 11 is 0. The number of benzene rings is 2. The number of aromatic nitrogens is 2. The fraction of sp³-hybridized carbons (Fsp3) is 0.333. The number of nitrogens with zero attached hydrogens (tertiary/aromatic N) is 3. The normalized spacial score (nSPS) is 10.6. The Balaban J connectivity index is 1.68. The summed E-state index contributed by atoms with van der Waals surface area (Å²) in [6.45, 7) is 11.3. The molecule has 0 amide bonds. The standard InChI is InChI=1S/C24H31N5/c1-5-29(6-2)21-12-13-22(18(3)16-21)27-23-17-19(4)26-24(28-23)25-15-14-20-10-8-7-9-11-20/h7-13,16-17H,5-6,14-15H2,1-4H3,(H2,25,26,27,28). The highest BCUT2D eigenvalue weighted by molar-refractivity contribution is 5.65. The molecule has 2 aromatic carbocycles. The Morgan fingerprint density at radius 1 is 0.897 bits per heavy atom. The molecule has 0 bridgehead atoms. The second-order valence-electron chi connectivity index (χ2n) is 7.18. The Hall–Kier alpha value is -3.08. The van der Waals surface area contributed by atoms with Crippen molar-refractivity contribution in [2.24, 2.45) is 0 Å². The SMILES string of the molecule is CCN(CC)c1ccc(Nc2cc(C)nc(NCCc3ccccc3)n2)c(C)c1. The molecule has 29 heavy (non-hydrogen) atoms. The van der Waals surface area contributed by atoms with Gasteiger partial charge in [-0.3, -0.25) is 0 Å². The lowest BCUT2D eigenvalue weighted by Crippen LogP contribution is -2.21. The number of aryl methyl sites for hydroxylation is 2. The van der Waals surface area contributed by atoms with Gasteiger partial charge >= 0.3 is 0 Å². The minimum atomic E-state index is 0.654. The molecule has 0 spiro atoms. The van der Waals surface area contributed by atoms with Crippen molar-refractivity contribution in [3.8, 4) is 0 Å². The van der Waals surface area contributed by atoms with Crippen LogP contribution in [-0.4, -0.2) is 29.6 Å². The zero-order chi connectivity index (χ0) is 20.6. The first-order valence-electron chi connectivity index (χ1n) is 10.3. The van der Waals surface area contributed by atoms with Gasteiger partial charge in [0.05, 0.1) is 0 Å². The highest BCUT2D eigenvalue weighted by Crippen LogP contribution is 2.25. The van der Waals surface area contributed by atoms with E-state index in [2.05, 4.69) is 88.7 Å². The van der Waals surface area contributed by atoms with Gasteiger partial charge in [0.1, 0.15) is 5.82 Å². The molecule has 0 aliphatic heterocycles. The van der Waals surface area contributed by atoms with Crippen molar-refractivity contribution in [3.63, 3.8) is 0 Å². The van der Waals surface area contributed by atoms with Crippen molar-refractivity contribution in [1.29, 1.82) is 0 Å². The van der Waals surface area contributed by atoms with E-state index in [1.54, 1.807) is 0 Å². The summed E-state index contributed by atoms with van der Waals surface area (Å²) in [6, 6.07) is 18.9.